The van der Waals surface area contributed by atoms with Crippen LogP contribution in [0.25, 0.3) is 0 Å². The van der Waals surface area contributed by atoms with Gasteiger partial charge in [0.05, 0.1) is 0 Å². The predicted molar refractivity (Wildman–Crippen MR) is 57.0 cm³/mol. The van der Waals surface area contributed by atoms with Crippen molar-refractivity contribution in [1.29, 1.82) is 0 Å². The number of hydrogen-bond acceptors (Lipinski definition) is 1. The van der Waals surface area contributed by atoms with Gasteiger partial charge in [-0.1, -0.05) is 45.9 Å². The summed E-state index contributed by atoms with van der Waals surface area (Å²) in [6, 6.07) is 6.50. The molecule has 0 radical (unpaired) electrons. The molecular formula is C11H20FN. The van der Waals surface area contributed by atoms with Crippen LogP contribution in [-0.4, -0.2) is 0 Å². The number of rotatable bonds is 1. The van der Waals surface area contributed by atoms with E-state index in [2.05, 4.69) is 0 Å². The molecule has 0 heterocycles. The Kier molecular flexibility index (Phi) is 12.5. The van der Waals surface area contributed by atoms with Crippen molar-refractivity contribution in [3.63, 3.8) is 0 Å². The number of halogens is 1. The van der Waals surface area contributed by atoms with Gasteiger partial charge in [-0.15, -0.1) is 0 Å². The zero-order valence-electron chi connectivity index (χ0n) is 8.97. The third-order valence-electron chi connectivity index (χ3n) is 1.18. The second-order valence-electron chi connectivity index (χ2n) is 1.80. The highest BCUT2D eigenvalue weighted by atomic mass is 19.1. The highest BCUT2D eigenvalue weighted by Gasteiger charge is 1.94. The molecule has 0 bridgehead atoms. The van der Waals surface area contributed by atoms with Crippen LogP contribution in [0.4, 0.5) is 4.39 Å². The van der Waals surface area contributed by atoms with Crippen LogP contribution in [0.1, 0.15) is 33.3 Å². The van der Waals surface area contributed by atoms with Crippen molar-refractivity contribution in [2.45, 2.75) is 34.2 Å². The fraction of sp³-hybridized carbons (Fsp3) is 0.455. The molecule has 0 fully saturated rings. The first kappa shape index (κ1) is 14.6. The minimum absolute atomic E-state index is 0.222. The second-order valence-corrected chi connectivity index (χ2v) is 1.80. The van der Waals surface area contributed by atoms with E-state index in [1.165, 1.54) is 6.07 Å². The molecule has 2 heteroatoms. The lowest BCUT2D eigenvalue weighted by Crippen LogP contribution is -1.98. The Labute approximate surface area is 80.8 Å². The second kappa shape index (κ2) is 11.1. The summed E-state index contributed by atoms with van der Waals surface area (Å²) < 4.78 is 12.5. The molecule has 1 aromatic carbocycles. The van der Waals surface area contributed by atoms with Gasteiger partial charge in [0.2, 0.25) is 0 Å². The van der Waals surface area contributed by atoms with Gasteiger partial charge in [0.15, 0.2) is 0 Å². The normalized spacial score (nSPS) is 7.54. The van der Waals surface area contributed by atoms with Crippen LogP contribution in [0.5, 0.6) is 0 Å². The summed E-state index contributed by atoms with van der Waals surface area (Å²) in [5.41, 5.74) is 5.78. The lowest BCUT2D eigenvalue weighted by atomic mass is 10.2. The molecule has 0 aliphatic carbocycles. The smallest absolute Gasteiger partial charge is 0.127 e. The number of nitrogens with two attached hydrogens (primary N) is 1. The van der Waals surface area contributed by atoms with E-state index in [0.29, 0.717) is 5.56 Å². The van der Waals surface area contributed by atoms with Crippen LogP contribution >= 0.6 is 0 Å². The molecule has 0 aliphatic heterocycles. The average molecular weight is 185 g/mol. The topological polar surface area (TPSA) is 26.0 Å². The maximum Gasteiger partial charge on any atom is 0.127 e. The van der Waals surface area contributed by atoms with Crippen molar-refractivity contribution < 1.29 is 4.39 Å². The standard InChI is InChI=1S/C7H8FN.2C2H6/c8-7-4-2-1-3-6(7)5-9;2*1-2/h1-4H,5,9H2;2*1-2H3. The summed E-state index contributed by atoms with van der Waals surface area (Å²) in [7, 11) is 0. The van der Waals surface area contributed by atoms with Gasteiger partial charge in [-0.25, -0.2) is 4.39 Å². The molecule has 0 unspecified atom stereocenters. The summed E-state index contributed by atoms with van der Waals surface area (Å²) in [5, 5.41) is 0. The lowest BCUT2D eigenvalue weighted by Gasteiger charge is -1.94. The summed E-state index contributed by atoms with van der Waals surface area (Å²) in [6.07, 6.45) is 0. The fourth-order valence-corrected chi connectivity index (χ4v) is 0.664. The molecule has 0 aliphatic rings. The van der Waals surface area contributed by atoms with Crippen molar-refractivity contribution in [2.75, 3.05) is 0 Å². The van der Waals surface area contributed by atoms with E-state index >= 15 is 0 Å². The Hall–Kier alpha value is -0.890. The molecule has 0 saturated heterocycles. The monoisotopic (exact) mass is 185 g/mol. The molecule has 13 heavy (non-hydrogen) atoms. The van der Waals surface area contributed by atoms with Crippen LogP contribution in [0.15, 0.2) is 24.3 Å². The third kappa shape index (κ3) is 6.29. The molecule has 1 aromatic rings. The molecule has 1 rings (SSSR count). The summed E-state index contributed by atoms with van der Waals surface area (Å²) in [4.78, 5) is 0. The maximum absolute atomic E-state index is 12.5. The average Bonchev–Trinajstić information content (AvgIpc) is 2.24. The quantitative estimate of drug-likeness (QED) is 0.713. The Morgan fingerprint density at radius 3 is 1.85 bits per heavy atom. The van der Waals surface area contributed by atoms with Gasteiger partial charge in [-0.3, -0.25) is 0 Å². The van der Waals surface area contributed by atoms with Gasteiger partial charge in [-0.2, -0.15) is 0 Å². The molecule has 0 aromatic heterocycles. The van der Waals surface area contributed by atoms with Gasteiger partial charge in [0.1, 0.15) is 5.82 Å². The van der Waals surface area contributed by atoms with E-state index in [4.69, 9.17) is 5.73 Å². The SMILES string of the molecule is CC.CC.NCc1ccccc1F. The number of benzene rings is 1. The maximum atomic E-state index is 12.5. The van der Waals surface area contributed by atoms with Crippen molar-refractivity contribution in [3.8, 4) is 0 Å². The predicted octanol–water partition coefficient (Wildman–Crippen LogP) is 3.34. The molecular weight excluding hydrogens is 165 g/mol. The Bertz CT molecular complexity index is 199. The van der Waals surface area contributed by atoms with Gasteiger partial charge in [0, 0.05) is 12.1 Å². The van der Waals surface area contributed by atoms with E-state index < -0.39 is 0 Å². The Balaban J connectivity index is 0. The van der Waals surface area contributed by atoms with Crippen LogP contribution in [0.3, 0.4) is 0 Å². The molecule has 0 spiro atoms. The largest absolute Gasteiger partial charge is 0.326 e. The van der Waals surface area contributed by atoms with E-state index in [-0.39, 0.29) is 12.4 Å². The highest BCUT2D eigenvalue weighted by Crippen LogP contribution is 2.03. The van der Waals surface area contributed by atoms with E-state index in [1.54, 1.807) is 18.2 Å². The minimum atomic E-state index is -0.222. The van der Waals surface area contributed by atoms with Gasteiger partial charge in [-0.05, 0) is 6.07 Å². The zero-order chi connectivity index (χ0) is 10.7. The van der Waals surface area contributed by atoms with Crippen LogP contribution in [0.2, 0.25) is 0 Å². The van der Waals surface area contributed by atoms with Crippen LogP contribution in [0, 0.1) is 5.82 Å². The number of hydrogen-bond donors (Lipinski definition) is 1. The molecule has 1 nitrogen and oxygen atoms in total. The zero-order valence-corrected chi connectivity index (χ0v) is 8.97. The van der Waals surface area contributed by atoms with Crippen molar-refractivity contribution in [3.05, 3.63) is 35.6 Å². The third-order valence-corrected chi connectivity index (χ3v) is 1.18. The Morgan fingerprint density at radius 1 is 1.08 bits per heavy atom. The van der Waals surface area contributed by atoms with Crippen molar-refractivity contribution in [2.24, 2.45) is 5.73 Å². The first-order chi connectivity index (χ1) is 6.34. The van der Waals surface area contributed by atoms with Crippen LogP contribution in [-0.2, 0) is 6.54 Å². The minimum Gasteiger partial charge on any atom is -0.326 e. The van der Waals surface area contributed by atoms with E-state index in [9.17, 15) is 4.39 Å². The summed E-state index contributed by atoms with van der Waals surface area (Å²) in [5.74, 6) is -0.222. The molecule has 0 saturated carbocycles. The van der Waals surface area contributed by atoms with Crippen molar-refractivity contribution >= 4 is 0 Å². The molecule has 0 atom stereocenters. The summed E-state index contributed by atoms with van der Waals surface area (Å²) >= 11 is 0. The van der Waals surface area contributed by atoms with E-state index in [1.807, 2.05) is 27.7 Å². The van der Waals surface area contributed by atoms with E-state index in [0.717, 1.165) is 0 Å². The molecule has 0 amide bonds. The molecule has 2 N–H and O–H groups in total. The fourth-order valence-electron chi connectivity index (χ4n) is 0.664. The van der Waals surface area contributed by atoms with Gasteiger partial charge in [0.25, 0.3) is 0 Å². The highest BCUT2D eigenvalue weighted by molar-refractivity contribution is 5.16. The molecule has 76 valence electrons. The Morgan fingerprint density at radius 2 is 1.54 bits per heavy atom. The lowest BCUT2D eigenvalue weighted by molar-refractivity contribution is 0.610. The first-order valence-electron chi connectivity index (χ1n) is 4.78. The summed E-state index contributed by atoms with van der Waals surface area (Å²) in [6.45, 7) is 8.27. The van der Waals surface area contributed by atoms with Crippen LogP contribution < -0.4 is 5.73 Å². The van der Waals surface area contributed by atoms with Gasteiger partial charge < -0.3 is 5.73 Å². The van der Waals surface area contributed by atoms with Gasteiger partial charge >= 0.3 is 0 Å². The van der Waals surface area contributed by atoms with Crippen molar-refractivity contribution in [1.82, 2.24) is 0 Å². The first-order valence-corrected chi connectivity index (χ1v) is 4.78.